The summed E-state index contributed by atoms with van der Waals surface area (Å²) in [5, 5.41) is 8.55. The maximum absolute atomic E-state index is 12.0. The lowest BCUT2D eigenvalue weighted by atomic mass is 9.96. The first kappa shape index (κ1) is 13.6. The van der Waals surface area contributed by atoms with E-state index < -0.39 is 11.6 Å². The third kappa shape index (κ3) is 2.94. The summed E-state index contributed by atoms with van der Waals surface area (Å²) in [5.74, 6) is -0.477. The molecule has 7 heteroatoms. The Bertz CT molecular complexity index is 490. The SMILES string of the molecule is CC1(OCC(=O)O)CN(C(=O)c2ccc(CN)o2)C1. The Morgan fingerprint density at radius 3 is 2.74 bits per heavy atom. The summed E-state index contributed by atoms with van der Waals surface area (Å²) in [7, 11) is 0. The van der Waals surface area contributed by atoms with E-state index >= 15 is 0 Å². The lowest BCUT2D eigenvalue weighted by molar-refractivity contribution is -0.160. The fourth-order valence-corrected chi connectivity index (χ4v) is 1.99. The fourth-order valence-electron chi connectivity index (χ4n) is 1.99. The minimum atomic E-state index is -1.02. The van der Waals surface area contributed by atoms with Gasteiger partial charge in [-0.25, -0.2) is 4.79 Å². The monoisotopic (exact) mass is 268 g/mol. The Hall–Kier alpha value is -1.86. The summed E-state index contributed by atoms with van der Waals surface area (Å²) in [5.41, 5.74) is 4.80. The standard InChI is InChI=1S/C12H16N2O5/c1-12(18-5-10(15)16)6-14(7-12)11(17)9-3-2-8(4-13)19-9/h2-3H,4-7,13H2,1H3,(H,15,16). The molecule has 1 aliphatic heterocycles. The molecule has 0 bridgehead atoms. The van der Waals surface area contributed by atoms with Gasteiger partial charge in [-0.1, -0.05) is 0 Å². The van der Waals surface area contributed by atoms with E-state index in [-0.39, 0.29) is 24.8 Å². The predicted octanol–water partition coefficient (Wildman–Crippen LogP) is 0.0540. The number of aliphatic carboxylic acids is 1. The number of hydrogen-bond acceptors (Lipinski definition) is 5. The van der Waals surface area contributed by atoms with Crippen LogP contribution in [0.25, 0.3) is 0 Å². The van der Waals surface area contributed by atoms with Gasteiger partial charge in [-0.2, -0.15) is 0 Å². The van der Waals surface area contributed by atoms with Gasteiger partial charge in [-0.3, -0.25) is 4.79 Å². The molecule has 0 unspecified atom stereocenters. The number of carboxylic acid groups (broad SMARTS) is 1. The van der Waals surface area contributed by atoms with Crippen molar-refractivity contribution in [1.82, 2.24) is 4.90 Å². The van der Waals surface area contributed by atoms with E-state index in [1.54, 1.807) is 24.0 Å². The molecule has 1 fully saturated rings. The number of carbonyl (C=O) groups is 2. The van der Waals surface area contributed by atoms with Crippen molar-refractivity contribution in [3.05, 3.63) is 23.7 Å². The van der Waals surface area contributed by atoms with Crippen molar-refractivity contribution < 1.29 is 23.8 Å². The summed E-state index contributed by atoms with van der Waals surface area (Å²) in [6.07, 6.45) is 0. The molecule has 104 valence electrons. The largest absolute Gasteiger partial charge is 0.480 e. The smallest absolute Gasteiger partial charge is 0.329 e. The minimum Gasteiger partial charge on any atom is -0.480 e. The first-order valence-electron chi connectivity index (χ1n) is 5.87. The summed E-state index contributed by atoms with van der Waals surface area (Å²) in [6, 6.07) is 3.24. The van der Waals surface area contributed by atoms with Crippen LogP contribution in [0, 0.1) is 0 Å². The van der Waals surface area contributed by atoms with Crippen LogP contribution in [0.3, 0.4) is 0 Å². The molecular weight excluding hydrogens is 252 g/mol. The number of rotatable bonds is 5. The molecule has 0 spiro atoms. The molecular formula is C12H16N2O5. The third-order valence-corrected chi connectivity index (χ3v) is 2.96. The van der Waals surface area contributed by atoms with E-state index in [4.69, 9.17) is 20.0 Å². The zero-order chi connectivity index (χ0) is 14.0. The van der Waals surface area contributed by atoms with Crippen LogP contribution in [-0.4, -0.2) is 47.2 Å². The van der Waals surface area contributed by atoms with Gasteiger partial charge in [0.1, 0.15) is 18.0 Å². The first-order chi connectivity index (χ1) is 8.93. The van der Waals surface area contributed by atoms with Crippen LogP contribution in [0.4, 0.5) is 0 Å². The van der Waals surface area contributed by atoms with Crippen molar-refractivity contribution in [2.24, 2.45) is 5.73 Å². The normalized spacial score (nSPS) is 17.1. The molecule has 0 aromatic carbocycles. The summed E-state index contributed by atoms with van der Waals surface area (Å²) in [4.78, 5) is 24.0. The van der Waals surface area contributed by atoms with E-state index in [0.717, 1.165) is 0 Å². The van der Waals surface area contributed by atoms with E-state index in [1.165, 1.54) is 0 Å². The molecule has 1 aromatic heterocycles. The maximum Gasteiger partial charge on any atom is 0.329 e. The number of carbonyl (C=O) groups excluding carboxylic acids is 1. The van der Waals surface area contributed by atoms with Gasteiger partial charge in [-0.15, -0.1) is 0 Å². The summed E-state index contributed by atoms with van der Waals surface area (Å²) >= 11 is 0. The molecule has 1 aliphatic rings. The highest BCUT2D eigenvalue weighted by Crippen LogP contribution is 2.26. The molecule has 0 aliphatic carbocycles. The van der Waals surface area contributed by atoms with E-state index in [0.29, 0.717) is 18.8 Å². The molecule has 3 N–H and O–H groups in total. The van der Waals surface area contributed by atoms with Crippen molar-refractivity contribution in [2.45, 2.75) is 19.1 Å². The second kappa shape index (κ2) is 5.02. The van der Waals surface area contributed by atoms with Crippen molar-refractivity contribution in [3.63, 3.8) is 0 Å². The molecule has 1 aromatic rings. The third-order valence-electron chi connectivity index (χ3n) is 2.96. The zero-order valence-electron chi connectivity index (χ0n) is 10.6. The molecule has 1 saturated heterocycles. The van der Waals surface area contributed by atoms with Gasteiger partial charge in [0.05, 0.1) is 19.6 Å². The number of likely N-dealkylation sites (tertiary alicyclic amines) is 1. The molecule has 7 nitrogen and oxygen atoms in total. The minimum absolute atomic E-state index is 0.237. The van der Waals surface area contributed by atoms with Crippen molar-refractivity contribution in [3.8, 4) is 0 Å². The quantitative estimate of drug-likeness (QED) is 0.781. The van der Waals surface area contributed by atoms with Gasteiger partial charge in [0, 0.05) is 0 Å². The number of nitrogens with two attached hydrogens (primary N) is 1. The van der Waals surface area contributed by atoms with E-state index in [9.17, 15) is 9.59 Å². The van der Waals surface area contributed by atoms with Crippen LogP contribution in [0.2, 0.25) is 0 Å². The van der Waals surface area contributed by atoms with Crippen LogP contribution in [0.15, 0.2) is 16.5 Å². The Balaban J connectivity index is 1.89. The average Bonchev–Trinajstić information content (AvgIpc) is 2.80. The van der Waals surface area contributed by atoms with Gasteiger partial charge in [0.25, 0.3) is 5.91 Å². The van der Waals surface area contributed by atoms with Gasteiger partial charge >= 0.3 is 5.97 Å². The lowest BCUT2D eigenvalue weighted by Crippen LogP contribution is -2.63. The van der Waals surface area contributed by atoms with Crippen molar-refractivity contribution >= 4 is 11.9 Å². The Morgan fingerprint density at radius 1 is 1.53 bits per heavy atom. The van der Waals surface area contributed by atoms with Crippen molar-refractivity contribution in [1.29, 1.82) is 0 Å². The summed E-state index contributed by atoms with van der Waals surface area (Å²) in [6.45, 7) is 2.34. The number of ether oxygens (including phenoxy) is 1. The molecule has 2 rings (SSSR count). The molecule has 0 saturated carbocycles. The molecule has 0 radical (unpaired) electrons. The van der Waals surface area contributed by atoms with E-state index in [2.05, 4.69) is 0 Å². The van der Waals surface area contributed by atoms with Crippen molar-refractivity contribution in [2.75, 3.05) is 19.7 Å². The van der Waals surface area contributed by atoms with Crippen LogP contribution in [0.1, 0.15) is 23.2 Å². The van der Waals surface area contributed by atoms with Crippen LogP contribution in [0.5, 0.6) is 0 Å². The summed E-state index contributed by atoms with van der Waals surface area (Å²) < 4.78 is 10.5. The highest BCUT2D eigenvalue weighted by Gasteiger charge is 2.43. The lowest BCUT2D eigenvalue weighted by Gasteiger charge is -2.46. The maximum atomic E-state index is 12.0. The Morgan fingerprint density at radius 2 is 2.21 bits per heavy atom. The Kier molecular flexibility index (Phi) is 3.59. The highest BCUT2D eigenvalue weighted by molar-refractivity contribution is 5.92. The van der Waals surface area contributed by atoms with Crippen LogP contribution >= 0.6 is 0 Å². The van der Waals surface area contributed by atoms with E-state index in [1.807, 2.05) is 0 Å². The second-order valence-electron chi connectivity index (χ2n) is 4.76. The highest BCUT2D eigenvalue weighted by atomic mass is 16.5. The molecule has 19 heavy (non-hydrogen) atoms. The zero-order valence-corrected chi connectivity index (χ0v) is 10.6. The Labute approximate surface area is 109 Å². The molecule has 0 atom stereocenters. The molecule has 2 heterocycles. The van der Waals surface area contributed by atoms with Crippen LogP contribution in [-0.2, 0) is 16.1 Å². The first-order valence-corrected chi connectivity index (χ1v) is 5.87. The molecule has 1 amide bonds. The topological polar surface area (TPSA) is 106 Å². The van der Waals surface area contributed by atoms with Gasteiger partial charge in [0.15, 0.2) is 5.76 Å². The number of nitrogens with zero attached hydrogens (tertiary/aromatic N) is 1. The number of amides is 1. The number of hydrogen-bond donors (Lipinski definition) is 2. The average molecular weight is 268 g/mol. The number of furan rings is 1. The van der Waals surface area contributed by atoms with Gasteiger partial charge < -0.3 is 24.9 Å². The van der Waals surface area contributed by atoms with Gasteiger partial charge in [0.2, 0.25) is 0 Å². The van der Waals surface area contributed by atoms with Gasteiger partial charge in [-0.05, 0) is 19.1 Å². The second-order valence-corrected chi connectivity index (χ2v) is 4.76. The predicted molar refractivity (Wildman–Crippen MR) is 64.5 cm³/mol. The number of carboxylic acids is 1. The fraction of sp³-hybridized carbons (Fsp3) is 0.500. The van der Waals surface area contributed by atoms with Crippen LogP contribution < -0.4 is 5.73 Å².